The molecule has 1 aliphatic rings. The summed E-state index contributed by atoms with van der Waals surface area (Å²) in [5.74, 6) is -0.202. The van der Waals surface area contributed by atoms with Crippen LogP contribution in [0.15, 0.2) is 65.7 Å². The van der Waals surface area contributed by atoms with Crippen LogP contribution in [0.5, 0.6) is 0 Å². The van der Waals surface area contributed by atoms with Crippen molar-refractivity contribution in [2.75, 3.05) is 31.1 Å². The van der Waals surface area contributed by atoms with Crippen LogP contribution < -0.4 is 10.5 Å². The van der Waals surface area contributed by atoms with Gasteiger partial charge in [0, 0.05) is 48.5 Å². The van der Waals surface area contributed by atoms with Crippen LogP contribution in [0.2, 0.25) is 5.02 Å². The van der Waals surface area contributed by atoms with Crippen LogP contribution in [0.1, 0.15) is 5.56 Å². The molecule has 0 spiro atoms. The minimum absolute atomic E-state index is 0.156. The summed E-state index contributed by atoms with van der Waals surface area (Å²) < 4.78 is 39.4. The third-order valence-corrected chi connectivity index (χ3v) is 5.73. The van der Waals surface area contributed by atoms with Crippen molar-refractivity contribution < 1.29 is 18.0 Å². The number of benzene rings is 2. The number of halogens is 4. The zero-order valence-electron chi connectivity index (χ0n) is 17.4. The maximum absolute atomic E-state index is 12.7. The largest absolute Gasteiger partial charge is 0.416 e. The van der Waals surface area contributed by atoms with Crippen molar-refractivity contribution in [2.24, 2.45) is 0 Å². The Labute approximate surface area is 192 Å². The van der Waals surface area contributed by atoms with Crippen LogP contribution in [-0.2, 0) is 17.5 Å². The van der Waals surface area contributed by atoms with E-state index in [-0.39, 0.29) is 18.1 Å². The Morgan fingerprint density at radius 1 is 1.00 bits per heavy atom. The fourth-order valence-electron chi connectivity index (χ4n) is 3.67. The van der Waals surface area contributed by atoms with E-state index in [1.54, 1.807) is 11.0 Å². The minimum atomic E-state index is -4.44. The van der Waals surface area contributed by atoms with Crippen LogP contribution in [0.25, 0.3) is 11.3 Å². The molecule has 0 unspecified atom stereocenters. The van der Waals surface area contributed by atoms with Gasteiger partial charge in [-0.15, -0.1) is 0 Å². The van der Waals surface area contributed by atoms with Crippen molar-refractivity contribution in [3.05, 3.63) is 81.9 Å². The summed E-state index contributed by atoms with van der Waals surface area (Å²) in [5.41, 5.74) is 0.392. The molecule has 4 rings (SSSR count). The number of carbonyl (C=O) groups excluding carboxylic acids is 1. The standard InChI is InChI=1S/C23H20ClF3N4O2/c24-18-2-1-3-19(12-18)29-8-10-30(11-9-29)22(33)14-31-15-28-20(13-21(31)32)16-4-6-17(7-5-16)23(25,26)27/h1-7,12-13,15H,8-11,14H2. The third kappa shape index (κ3) is 5.36. The van der Waals surface area contributed by atoms with Gasteiger partial charge >= 0.3 is 6.18 Å². The highest BCUT2D eigenvalue weighted by Gasteiger charge is 2.30. The van der Waals surface area contributed by atoms with Crippen LogP contribution >= 0.6 is 11.6 Å². The van der Waals surface area contributed by atoms with Gasteiger partial charge in [0.2, 0.25) is 5.91 Å². The monoisotopic (exact) mass is 476 g/mol. The lowest BCUT2D eigenvalue weighted by Gasteiger charge is -2.36. The van der Waals surface area contributed by atoms with E-state index in [0.29, 0.717) is 36.8 Å². The van der Waals surface area contributed by atoms with E-state index in [1.165, 1.54) is 29.1 Å². The number of anilines is 1. The second kappa shape index (κ2) is 9.27. The Morgan fingerprint density at radius 3 is 2.30 bits per heavy atom. The highest BCUT2D eigenvalue weighted by Crippen LogP contribution is 2.30. The molecule has 1 fully saturated rings. The smallest absolute Gasteiger partial charge is 0.368 e. The molecule has 0 aliphatic carbocycles. The van der Waals surface area contributed by atoms with Crippen molar-refractivity contribution in [3.8, 4) is 11.3 Å². The predicted molar refractivity (Wildman–Crippen MR) is 119 cm³/mol. The third-order valence-electron chi connectivity index (χ3n) is 5.50. The molecule has 172 valence electrons. The van der Waals surface area contributed by atoms with E-state index in [0.717, 1.165) is 17.8 Å². The zero-order chi connectivity index (χ0) is 23.6. The highest BCUT2D eigenvalue weighted by atomic mass is 35.5. The second-order valence-electron chi connectivity index (χ2n) is 7.66. The molecule has 1 saturated heterocycles. The maximum Gasteiger partial charge on any atom is 0.416 e. The first-order chi connectivity index (χ1) is 15.7. The van der Waals surface area contributed by atoms with Gasteiger partial charge in [0.25, 0.3) is 5.56 Å². The number of carbonyl (C=O) groups is 1. The molecule has 0 N–H and O–H groups in total. The summed E-state index contributed by atoms with van der Waals surface area (Å²) in [6, 6.07) is 13.1. The fourth-order valence-corrected chi connectivity index (χ4v) is 3.85. The molecular formula is C23H20ClF3N4O2. The fraction of sp³-hybridized carbons (Fsp3) is 0.261. The van der Waals surface area contributed by atoms with Gasteiger partial charge in [-0.05, 0) is 30.3 Å². The topological polar surface area (TPSA) is 58.4 Å². The number of hydrogen-bond acceptors (Lipinski definition) is 4. The number of aromatic nitrogens is 2. The van der Waals surface area contributed by atoms with Crippen LogP contribution in [0.3, 0.4) is 0 Å². The number of alkyl halides is 3. The molecule has 10 heteroatoms. The Balaban J connectivity index is 1.38. The molecule has 1 aliphatic heterocycles. The van der Waals surface area contributed by atoms with E-state index >= 15 is 0 Å². The number of piperazine rings is 1. The quantitative estimate of drug-likeness (QED) is 0.572. The Morgan fingerprint density at radius 2 is 1.70 bits per heavy atom. The molecular weight excluding hydrogens is 457 g/mol. The average Bonchev–Trinajstić information content (AvgIpc) is 2.80. The summed E-state index contributed by atoms with van der Waals surface area (Å²) in [6.45, 7) is 2.16. The van der Waals surface area contributed by atoms with Crippen LogP contribution in [0.4, 0.5) is 18.9 Å². The molecule has 33 heavy (non-hydrogen) atoms. The molecule has 2 heterocycles. The summed E-state index contributed by atoms with van der Waals surface area (Å²) in [7, 11) is 0. The van der Waals surface area contributed by atoms with Crippen molar-refractivity contribution in [1.29, 1.82) is 0 Å². The molecule has 0 radical (unpaired) electrons. The molecule has 2 aromatic carbocycles. The molecule has 0 saturated carbocycles. The first kappa shape index (κ1) is 22.8. The Kier molecular flexibility index (Phi) is 6.42. The lowest BCUT2D eigenvalue weighted by Crippen LogP contribution is -2.50. The van der Waals surface area contributed by atoms with Gasteiger partial charge in [0.15, 0.2) is 0 Å². The summed E-state index contributed by atoms with van der Waals surface area (Å²) in [6.07, 6.45) is -3.19. The van der Waals surface area contributed by atoms with E-state index < -0.39 is 17.3 Å². The molecule has 0 bridgehead atoms. The molecule has 1 aromatic heterocycles. The van der Waals surface area contributed by atoms with Gasteiger partial charge in [-0.2, -0.15) is 13.2 Å². The van der Waals surface area contributed by atoms with Gasteiger partial charge in [-0.1, -0.05) is 29.8 Å². The normalized spacial score (nSPS) is 14.4. The van der Waals surface area contributed by atoms with Gasteiger partial charge in [-0.25, -0.2) is 4.98 Å². The number of hydrogen-bond donors (Lipinski definition) is 0. The Hall–Kier alpha value is -3.33. The van der Waals surface area contributed by atoms with Gasteiger partial charge in [-0.3, -0.25) is 14.2 Å². The minimum Gasteiger partial charge on any atom is -0.368 e. The van der Waals surface area contributed by atoms with Crippen molar-refractivity contribution in [2.45, 2.75) is 12.7 Å². The van der Waals surface area contributed by atoms with Gasteiger partial charge in [0.05, 0.1) is 17.6 Å². The zero-order valence-corrected chi connectivity index (χ0v) is 18.2. The van der Waals surface area contributed by atoms with Gasteiger partial charge < -0.3 is 9.80 Å². The highest BCUT2D eigenvalue weighted by molar-refractivity contribution is 6.30. The number of rotatable bonds is 4. The molecule has 6 nitrogen and oxygen atoms in total. The van der Waals surface area contributed by atoms with E-state index in [2.05, 4.69) is 9.88 Å². The number of nitrogens with zero attached hydrogens (tertiary/aromatic N) is 4. The van der Waals surface area contributed by atoms with E-state index in [9.17, 15) is 22.8 Å². The average molecular weight is 477 g/mol. The lowest BCUT2D eigenvalue weighted by atomic mass is 10.1. The van der Waals surface area contributed by atoms with Crippen molar-refractivity contribution in [1.82, 2.24) is 14.5 Å². The molecule has 3 aromatic rings. The molecule has 0 atom stereocenters. The van der Waals surface area contributed by atoms with Crippen LogP contribution in [-0.4, -0.2) is 46.5 Å². The summed E-state index contributed by atoms with van der Waals surface area (Å²) in [4.78, 5) is 33.2. The predicted octanol–water partition coefficient (Wildman–Crippen LogP) is 3.93. The van der Waals surface area contributed by atoms with Crippen molar-refractivity contribution in [3.63, 3.8) is 0 Å². The summed E-state index contributed by atoms with van der Waals surface area (Å²) >= 11 is 6.05. The molecule has 1 amide bonds. The SMILES string of the molecule is O=C(Cn1cnc(-c2ccc(C(F)(F)F)cc2)cc1=O)N1CCN(c2cccc(Cl)c2)CC1. The first-order valence-electron chi connectivity index (χ1n) is 10.2. The second-order valence-corrected chi connectivity index (χ2v) is 8.10. The lowest BCUT2D eigenvalue weighted by molar-refractivity contribution is -0.137. The van der Waals surface area contributed by atoms with Crippen molar-refractivity contribution >= 4 is 23.2 Å². The first-order valence-corrected chi connectivity index (χ1v) is 10.6. The van der Waals surface area contributed by atoms with Gasteiger partial charge in [0.1, 0.15) is 6.54 Å². The van der Waals surface area contributed by atoms with E-state index in [1.807, 2.05) is 18.2 Å². The Bertz CT molecular complexity index is 1200. The maximum atomic E-state index is 12.7. The van der Waals surface area contributed by atoms with E-state index in [4.69, 9.17) is 11.6 Å². The van der Waals surface area contributed by atoms with Crippen LogP contribution in [0, 0.1) is 0 Å². The summed E-state index contributed by atoms with van der Waals surface area (Å²) in [5, 5.41) is 0.651. The number of amides is 1.